The van der Waals surface area contributed by atoms with Crippen molar-refractivity contribution in [2.75, 3.05) is 6.61 Å². The summed E-state index contributed by atoms with van der Waals surface area (Å²) in [6, 6.07) is 0. The van der Waals surface area contributed by atoms with Crippen LogP contribution >= 0.6 is 0 Å². The molecule has 1 aliphatic heterocycles. The lowest BCUT2D eigenvalue weighted by atomic mass is 10.1. The zero-order valence-electron chi connectivity index (χ0n) is 16.7. The Morgan fingerprint density at radius 3 is 2.42 bits per heavy atom. The van der Waals surface area contributed by atoms with Gasteiger partial charge in [-0.25, -0.2) is 0 Å². The summed E-state index contributed by atoms with van der Waals surface area (Å²) in [5, 5.41) is 10.1. The predicted octanol–water partition coefficient (Wildman–Crippen LogP) is 4.08. The number of hydrogen-bond donors (Lipinski definition) is 1. The third kappa shape index (κ3) is 6.49. The highest BCUT2D eigenvalue weighted by Crippen LogP contribution is 2.37. The zero-order chi connectivity index (χ0) is 18.6. The summed E-state index contributed by atoms with van der Waals surface area (Å²) in [6.45, 7) is 17.5. The first kappa shape index (κ1) is 21.7. The lowest BCUT2D eigenvalue weighted by Crippen LogP contribution is -2.44. The molecular formula is C19H36O4Si. The fourth-order valence-corrected chi connectivity index (χ4v) is 3.25. The van der Waals surface area contributed by atoms with Crippen LogP contribution in [-0.4, -0.2) is 44.1 Å². The highest BCUT2D eigenvalue weighted by Gasteiger charge is 2.43. The van der Waals surface area contributed by atoms with Crippen molar-refractivity contribution in [3.05, 3.63) is 0 Å². The van der Waals surface area contributed by atoms with Gasteiger partial charge in [0, 0.05) is 0 Å². The van der Waals surface area contributed by atoms with Gasteiger partial charge < -0.3 is 19.0 Å². The Hall–Kier alpha value is -0.383. The maximum atomic E-state index is 9.93. The highest BCUT2D eigenvalue weighted by molar-refractivity contribution is 6.74. The largest absolute Gasteiger partial charge is 0.414 e. The van der Waals surface area contributed by atoms with Crippen LogP contribution < -0.4 is 0 Å². The van der Waals surface area contributed by atoms with E-state index in [1.807, 2.05) is 13.8 Å². The molecule has 0 amide bonds. The Balaban J connectivity index is 2.72. The minimum absolute atomic E-state index is 0.152. The molecule has 4 nitrogen and oxygen atoms in total. The van der Waals surface area contributed by atoms with Crippen LogP contribution in [0.25, 0.3) is 0 Å². The molecule has 24 heavy (non-hydrogen) atoms. The van der Waals surface area contributed by atoms with E-state index >= 15 is 0 Å². The molecular weight excluding hydrogens is 320 g/mol. The number of aliphatic hydroxyl groups is 1. The standard InChI is InChI=1S/C19H36O4Si/c1-9-10-11-15(20)12-13-16-17(23-19(5,6)22-16)14-21-24(7,8)18(2,3)4/h15-17,20H,9-11,14H2,1-8H3/t15?,16-,17-/m0/s1. The summed E-state index contributed by atoms with van der Waals surface area (Å²) < 4.78 is 18.1. The average molecular weight is 357 g/mol. The maximum Gasteiger partial charge on any atom is 0.192 e. The molecule has 140 valence electrons. The van der Waals surface area contributed by atoms with Crippen LogP contribution in [0.1, 0.15) is 60.8 Å². The molecule has 0 radical (unpaired) electrons. The van der Waals surface area contributed by atoms with Crippen molar-refractivity contribution in [1.82, 2.24) is 0 Å². The summed E-state index contributed by atoms with van der Waals surface area (Å²) in [7, 11) is -1.84. The lowest BCUT2D eigenvalue weighted by molar-refractivity contribution is -0.145. The molecule has 1 aliphatic rings. The molecule has 0 aliphatic carbocycles. The minimum atomic E-state index is -1.84. The molecule has 1 fully saturated rings. The topological polar surface area (TPSA) is 47.9 Å². The van der Waals surface area contributed by atoms with Crippen molar-refractivity contribution in [2.24, 2.45) is 0 Å². The van der Waals surface area contributed by atoms with Gasteiger partial charge in [0.05, 0.1) is 6.61 Å². The number of ether oxygens (including phenoxy) is 2. The van der Waals surface area contributed by atoms with Crippen LogP contribution in [-0.2, 0) is 13.9 Å². The maximum absolute atomic E-state index is 9.93. The van der Waals surface area contributed by atoms with Gasteiger partial charge in [-0.15, -0.1) is 0 Å². The molecule has 1 N–H and O–H groups in total. The molecule has 0 aromatic carbocycles. The molecule has 1 saturated heterocycles. The third-order valence-electron chi connectivity index (χ3n) is 4.82. The normalized spacial score (nSPS) is 25.2. The first-order valence-corrected chi connectivity index (χ1v) is 12.0. The van der Waals surface area contributed by atoms with E-state index in [0.29, 0.717) is 13.0 Å². The van der Waals surface area contributed by atoms with Gasteiger partial charge in [0.2, 0.25) is 0 Å². The molecule has 0 spiro atoms. The molecule has 5 heteroatoms. The van der Waals surface area contributed by atoms with E-state index in [4.69, 9.17) is 13.9 Å². The van der Waals surface area contributed by atoms with Gasteiger partial charge >= 0.3 is 0 Å². The SMILES string of the molecule is CCCCC(O)C#C[C@@H]1OC(C)(C)O[C@H]1CO[Si](C)(C)C(C)(C)C. The Morgan fingerprint density at radius 2 is 1.88 bits per heavy atom. The van der Waals surface area contributed by atoms with E-state index in [1.165, 1.54) is 0 Å². The van der Waals surface area contributed by atoms with Gasteiger partial charge in [-0.3, -0.25) is 0 Å². The van der Waals surface area contributed by atoms with Crippen molar-refractivity contribution in [1.29, 1.82) is 0 Å². The first-order chi connectivity index (χ1) is 10.9. The van der Waals surface area contributed by atoms with Crippen molar-refractivity contribution >= 4 is 8.32 Å². The molecule has 0 bridgehead atoms. The van der Waals surface area contributed by atoms with Gasteiger partial charge in [0.25, 0.3) is 0 Å². The van der Waals surface area contributed by atoms with E-state index < -0.39 is 20.2 Å². The Morgan fingerprint density at radius 1 is 1.25 bits per heavy atom. The van der Waals surface area contributed by atoms with Gasteiger partial charge in [-0.1, -0.05) is 52.4 Å². The minimum Gasteiger partial charge on any atom is -0.414 e. The summed E-state index contributed by atoms with van der Waals surface area (Å²) in [6.07, 6.45) is 1.55. The molecule has 3 atom stereocenters. The van der Waals surface area contributed by atoms with Crippen molar-refractivity contribution in [2.45, 2.75) is 103 Å². The summed E-state index contributed by atoms with van der Waals surface area (Å²) in [5.74, 6) is 5.30. The van der Waals surface area contributed by atoms with Crippen molar-refractivity contribution < 1.29 is 19.0 Å². The molecule has 0 aromatic rings. The lowest BCUT2D eigenvalue weighted by Gasteiger charge is -2.37. The van der Waals surface area contributed by atoms with Gasteiger partial charge in [0.15, 0.2) is 14.1 Å². The van der Waals surface area contributed by atoms with Crippen molar-refractivity contribution in [3.8, 4) is 11.8 Å². The Bertz CT molecular complexity index is 456. The fraction of sp³-hybridized carbons (Fsp3) is 0.895. The number of aliphatic hydroxyl groups excluding tert-OH is 1. The molecule has 1 heterocycles. The second-order valence-electron chi connectivity index (χ2n) is 8.61. The smallest absolute Gasteiger partial charge is 0.192 e. The second kappa shape index (κ2) is 8.33. The average Bonchev–Trinajstić information content (AvgIpc) is 2.74. The fourth-order valence-electron chi connectivity index (χ4n) is 2.23. The summed E-state index contributed by atoms with van der Waals surface area (Å²) in [5.41, 5.74) is 0. The van der Waals surface area contributed by atoms with Crippen LogP contribution in [0, 0.1) is 11.8 Å². The van der Waals surface area contributed by atoms with E-state index in [1.54, 1.807) is 0 Å². The zero-order valence-corrected chi connectivity index (χ0v) is 17.7. The van der Waals surface area contributed by atoms with Gasteiger partial charge in [-0.05, 0) is 38.4 Å². The molecule has 0 aromatic heterocycles. The van der Waals surface area contributed by atoms with E-state index in [0.717, 1.165) is 12.8 Å². The van der Waals surface area contributed by atoms with E-state index in [-0.39, 0.29) is 17.2 Å². The number of unbranched alkanes of at least 4 members (excludes halogenated alkanes) is 1. The molecule has 1 rings (SSSR count). The van der Waals surface area contributed by atoms with Gasteiger partial charge in [-0.2, -0.15) is 0 Å². The molecule has 0 saturated carbocycles. The number of hydrogen-bond acceptors (Lipinski definition) is 4. The van der Waals surface area contributed by atoms with Crippen LogP contribution in [0.4, 0.5) is 0 Å². The predicted molar refractivity (Wildman–Crippen MR) is 100 cm³/mol. The van der Waals surface area contributed by atoms with Gasteiger partial charge in [0.1, 0.15) is 18.3 Å². The molecule has 1 unspecified atom stereocenters. The van der Waals surface area contributed by atoms with E-state index in [2.05, 4.69) is 52.6 Å². The second-order valence-corrected chi connectivity index (χ2v) is 13.4. The van der Waals surface area contributed by atoms with Crippen LogP contribution in [0.3, 0.4) is 0 Å². The first-order valence-electron chi connectivity index (χ1n) is 9.06. The summed E-state index contributed by atoms with van der Waals surface area (Å²) in [4.78, 5) is 0. The quantitative estimate of drug-likeness (QED) is 0.575. The Kier molecular flexibility index (Phi) is 7.52. The van der Waals surface area contributed by atoms with Crippen LogP contribution in [0.15, 0.2) is 0 Å². The summed E-state index contributed by atoms with van der Waals surface area (Å²) >= 11 is 0. The monoisotopic (exact) mass is 356 g/mol. The third-order valence-corrected chi connectivity index (χ3v) is 9.32. The van der Waals surface area contributed by atoms with Crippen LogP contribution in [0.5, 0.6) is 0 Å². The van der Waals surface area contributed by atoms with E-state index in [9.17, 15) is 5.11 Å². The number of rotatable bonds is 6. The Labute approximate surface area is 149 Å². The van der Waals surface area contributed by atoms with Crippen molar-refractivity contribution in [3.63, 3.8) is 0 Å². The highest BCUT2D eigenvalue weighted by atomic mass is 28.4. The van der Waals surface area contributed by atoms with Crippen LogP contribution in [0.2, 0.25) is 18.1 Å².